The summed E-state index contributed by atoms with van der Waals surface area (Å²) in [5.41, 5.74) is 2.35. The fraction of sp³-hybridized carbons (Fsp3) is 0.667. The van der Waals surface area contributed by atoms with Crippen LogP contribution in [0.3, 0.4) is 0 Å². The molecule has 1 aromatic rings. The Morgan fingerprint density at radius 3 is 2.71 bits per heavy atom. The van der Waals surface area contributed by atoms with Gasteiger partial charge in [-0.15, -0.1) is 0 Å². The molecule has 1 aromatic heterocycles. The van der Waals surface area contributed by atoms with Crippen LogP contribution in [0.4, 0.5) is 0 Å². The molecule has 0 aromatic carbocycles. The van der Waals surface area contributed by atoms with E-state index in [2.05, 4.69) is 38.5 Å². The summed E-state index contributed by atoms with van der Waals surface area (Å²) in [4.78, 5) is 12.0. The molecule has 0 radical (unpaired) electrons. The van der Waals surface area contributed by atoms with Crippen LogP contribution in [0.1, 0.15) is 56.6 Å². The Morgan fingerprint density at radius 2 is 2.06 bits per heavy atom. The lowest BCUT2D eigenvalue weighted by molar-refractivity contribution is 0.0910. The van der Waals surface area contributed by atoms with Crippen molar-refractivity contribution in [2.24, 2.45) is 11.3 Å². The molecule has 0 amide bonds. The zero-order chi connectivity index (χ0) is 12.6. The highest BCUT2D eigenvalue weighted by Gasteiger charge is 2.32. The first kappa shape index (κ1) is 12.4. The van der Waals surface area contributed by atoms with Crippen molar-refractivity contribution in [1.82, 2.24) is 4.57 Å². The van der Waals surface area contributed by atoms with Crippen molar-refractivity contribution in [2.75, 3.05) is 0 Å². The molecule has 1 aliphatic rings. The second kappa shape index (κ2) is 4.32. The average Bonchev–Trinajstić information content (AvgIpc) is 2.56. The lowest BCUT2D eigenvalue weighted by Gasteiger charge is -2.29. The first-order chi connectivity index (χ1) is 7.89. The maximum Gasteiger partial charge on any atom is 0.165 e. The average molecular weight is 233 g/mol. The molecule has 2 rings (SSSR count). The number of carbonyl (C=O) groups is 1. The van der Waals surface area contributed by atoms with Gasteiger partial charge in [0.15, 0.2) is 5.78 Å². The van der Waals surface area contributed by atoms with Crippen LogP contribution in [-0.4, -0.2) is 10.4 Å². The molecule has 94 valence electrons. The van der Waals surface area contributed by atoms with Gasteiger partial charge in [0.2, 0.25) is 0 Å². The van der Waals surface area contributed by atoms with Crippen molar-refractivity contribution in [3.05, 3.63) is 23.5 Å². The molecule has 0 aliphatic heterocycles. The monoisotopic (exact) mass is 233 g/mol. The minimum Gasteiger partial charge on any atom is -0.351 e. The second-order valence-corrected chi connectivity index (χ2v) is 6.49. The van der Waals surface area contributed by atoms with Crippen LogP contribution in [0.15, 0.2) is 12.3 Å². The van der Waals surface area contributed by atoms with Crippen LogP contribution in [0, 0.1) is 11.3 Å². The first-order valence-corrected chi connectivity index (χ1v) is 6.60. The van der Waals surface area contributed by atoms with E-state index in [0.29, 0.717) is 18.1 Å². The highest BCUT2D eigenvalue weighted by molar-refractivity contribution is 5.98. The third-order valence-electron chi connectivity index (χ3n) is 3.61. The third kappa shape index (κ3) is 2.62. The number of Topliss-reactive ketones (excluding diaryl/α,β-unsaturated/α-hetero) is 1. The lowest BCUT2D eigenvalue weighted by Crippen LogP contribution is -2.28. The molecule has 0 bridgehead atoms. The van der Waals surface area contributed by atoms with E-state index in [4.69, 9.17) is 0 Å². The smallest absolute Gasteiger partial charge is 0.165 e. The number of rotatable bonds is 3. The second-order valence-electron chi connectivity index (χ2n) is 6.49. The molecule has 17 heavy (non-hydrogen) atoms. The van der Waals surface area contributed by atoms with Crippen LogP contribution in [-0.2, 0) is 13.0 Å². The molecule has 0 spiro atoms. The highest BCUT2D eigenvalue weighted by Crippen LogP contribution is 2.35. The van der Waals surface area contributed by atoms with E-state index >= 15 is 0 Å². The van der Waals surface area contributed by atoms with Gasteiger partial charge in [0.05, 0.1) is 0 Å². The Bertz CT molecular complexity index is 426. The van der Waals surface area contributed by atoms with Gasteiger partial charge in [-0.1, -0.05) is 27.7 Å². The maximum atomic E-state index is 12.0. The maximum absolute atomic E-state index is 12.0. The van der Waals surface area contributed by atoms with E-state index in [0.717, 1.165) is 18.5 Å². The zero-order valence-corrected chi connectivity index (χ0v) is 11.4. The molecular formula is C15H23NO. The molecule has 2 heteroatoms. The molecule has 0 saturated heterocycles. The summed E-state index contributed by atoms with van der Waals surface area (Å²) in [5, 5.41) is 0. The lowest BCUT2D eigenvalue weighted by atomic mass is 9.76. The summed E-state index contributed by atoms with van der Waals surface area (Å²) in [5.74, 6) is 1.03. The van der Waals surface area contributed by atoms with Gasteiger partial charge in [-0.05, 0) is 30.2 Å². The topological polar surface area (TPSA) is 22.0 Å². The molecule has 0 fully saturated rings. The van der Waals surface area contributed by atoms with Crippen LogP contribution in [0.5, 0.6) is 0 Å². The summed E-state index contributed by atoms with van der Waals surface area (Å²) < 4.78 is 2.29. The van der Waals surface area contributed by atoms with Gasteiger partial charge in [-0.25, -0.2) is 0 Å². The summed E-state index contributed by atoms with van der Waals surface area (Å²) in [6, 6.07) is 2.01. The fourth-order valence-electron chi connectivity index (χ4n) is 2.61. The fourth-order valence-corrected chi connectivity index (χ4v) is 2.61. The number of aromatic nitrogens is 1. The Labute approximate surface area is 104 Å². The van der Waals surface area contributed by atoms with Gasteiger partial charge in [0.25, 0.3) is 0 Å². The molecule has 0 atom stereocenters. The number of ketones is 1. The number of nitrogens with zero attached hydrogens (tertiary/aromatic N) is 1. The Hall–Kier alpha value is -1.05. The van der Waals surface area contributed by atoms with Gasteiger partial charge >= 0.3 is 0 Å². The summed E-state index contributed by atoms with van der Waals surface area (Å²) in [6.07, 6.45) is 4.98. The van der Waals surface area contributed by atoms with Gasteiger partial charge in [-0.2, -0.15) is 0 Å². The van der Waals surface area contributed by atoms with E-state index in [9.17, 15) is 4.79 Å². The van der Waals surface area contributed by atoms with Crippen molar-refractivity contribution in [1.29, 1.82) is 0 Å². The van der Waals surface area contributed by atoms with Crippen LogP contribution < -0.4 is 0 Å². The molecule has 0 unspecified atom stereocenters. The molecule has 2 nitrogen and oxygen atoms in total. The largest absolute Gasteiger partial charge is 0.351 e. The SMILES string of the molecule is CC(C)CCn1ccc2c1CC(C)(C)CC2=O. The quantitative estimate of drug-likeness (QED) is 0.780. The molecule has 1 heterocycles. The zero-order valence-electron chi connectivity index (χ0n) is 11.4. The number of aryl methyl sites for hydroxylation is 1. The van der Waals surface area contributed by atoms with E-state index < -0.39 is 0 Å². The van der Waals surface area contributed by atoms with Crippen LogP contribution in [0.2, 0.25) is 0 Å². The van der Waals surface area contributed by atoms with Crippen molar-refractivity contribution in [3.8, 4) is 0 Å². The normalized spacial score (nSPS) is 18.5. The van der Waals surface area contributed by atoms with Gasteiger partial charge in [-0.3, -0.25) is 4.79 Å². The summed E-state index contributed by atoms with van der Waals surface area (Å²) in [7, 11) is 0. The minimum atomic E-state index is 0.123. The van der Waals surface area contributed by atoms with Gasteiger partial charge in [0.1, 0.15) is 0 Å². The van der Waals surface area contributed by atoms with Crippen molar-refractivity contribution in [2.45, 2.75) is 53.5 Å². The minimum absolute atomic E-state index is 0.123. The van der Waals surface area contributed by atoms with Crippen molar-refractivity contribution >= 4 is 5.78 Å². The van der Waals surface area contributed by atoms with Gasteiger partial charge < -0.3 is 4.57 Å². The van der Waals surface area contributed by atoms with Crippen LogP contribution in [0.25, 0.3) is 0 Å². The van der Waals surface area contributed by atoms with E-state index in [1.807, 2.05) is 6.07 Å². The highest BCUT2D eigenvalue weighted by atomic mass is 16.1. The summed E-state index contributed by atoms with van der Waals surface area (Å²) >= 11 is 0. The standard InChI is InChI=1S/C15H23NO/c1-11(2)5-7-16-8-6-12-13(16)9-15(3,4)10-14(12)17/h6,8,11H,5,7,9-10H2,1-4H3. The van der Waals surface area contributed by atoms with Crippen LogP contribution >= 0.6 is 0 Å². The number of carbonyl (C=O) groups excluding carboxylic acids is 1. The first-order valence-electron chi connectivity index (χ1n) is 6.60. The predicted molar refractivity (Wildman–Crippen MR) is 70.3 cm³/mol. The van der Waals surface area contributed by atoms with E-state index in [1.165, 1.54) is 12.1 Å². The summed E-state index contributed by atoms with van der Waals surface area (Å²) in [6.45, 7) is 9.90. The number of fused-ring (bicyclic) bond motifs is 1. The van der Waals surface area contributed by atoms with Gasteiger partial charge in [0, 0.05) is 30.4 Å². The Balaban J connectivity index is 2.25. The third-order valence-corrected chi connectivity index (χ3v) is 3.61. The van der Waals surface area contributed by atoms with Crippen molar-refractivity contribution in [3.63, 3.8) is 0 Å². The molecule has 0 saturated carbocycles. The number of hydrogen-bond acceptors (Lipinski definition) is 1. The molecule has 0 N–H and O–H groups in total. The molecular weight excluding hydrogens is 210 g/mol. The van der Waals surface area contributed by atoms with E-state index in [1.54, 1.807) is 0 Å². The Morgan fingerprint density at radius 1 is 1.35 bits per heavy atom. The Kier molecular flexibility index (Phi) is 3.15. The van der Waals surface area contributed by atoms with E-state index in [-0.39, 0.29) is 5.41 Å². The predicted octanol–water partition coefficient (Wildman–Crippen LogP) is 3.69. The number of hydrogen-bond donors (Lipinski definition) is 0. The van der Waals surface area contributed by atoms with Crippen molar-refractivity contribution < 1.29 is 4.79 Å². The molecule has 1 aliphatic carbocycles.